The first kappa shape index (κ1) is 45.1. The average molecular weight is 908 g/mol. The number of aryl methyl sites for hydroxylation is 4. The topological polar surface area (TPSA) is 150 Å². The van der Waals surface area contributed by atoms with E-state index in [1.165, 1.54) is 0 Å². The third-order valence-electron chi connectivity index (χ3n) is 11.5. The molecule has 12 nitrogen and oxygen atoms in total. The zero-order valence-electron chi connectivity index (χ0n) is 36.1. The molecule has 65 heavy (non-hydrogen) atoms. The minimum absolute atomic E-state index is 0. The van der Waals surface area contributed by atoms with Crippen LogP contribution in [-0.4, -0.2) is 56.8 Å². The van der Waals surface area contributed by atoms with Gasteiger partial charge in [0.2, 0.25) is 0 Å². The fraction of sp³-hybridized carbons (Fsp3) is 0.231. The van der Waals surface area contributed by atoms with Crippen LogP contribution < -0.4 is 28.2 Å². The summed E-state index contributed by atoms with van der Waals surface area (Å²) in [5.41, 5.74) is 13.2. The number of pyridine rings is 4. The Hall–Kier alpha value is -6.44. The number of aliphatic hydroxyl groups excluding tert-OH is 4. The van der Waals surface area contributed by atoms with E-state index in [1.807, 2.05) is 49.1 Å². The largest absolute Gasteiger partial charge is 2.00 e. The monoisotopic (exact) mass is 907 g/mol. The summed E-state index contributed by atoms with van der Waals surface area (Å²) >= 11 is 0. The number of hydrogen-bond acceptors (Lipinski definition) is 6. The number of aromatic nitrogens is 8. The number of rotatable bonds is 16. The van der Waals surface area contributed by atoms with Crippen LogP contribution in [0.4, 0.5) is 0 Å². The molecular formula is C52H52MnN8O4+4. The molecule has 2 aliphatic rings. The molecule has 0 saturated carbocycles. The molecule has 9 rings (SSSR count). The molecule has 4 N–H and O–H groups in total. The van der Waals surface area contributed by atoms with Crippen molar-refractivity contribution in [2.75, 3.05) is 26.4 Å². The van der Waals surface area contributed by atoms with Gasteiger partial charge in [0, 0.05) is 98.6 Å². The summed E-state index contributed by atoms with van der Waals surface area (Å²) in [6.07, 6.45) is 27.1. The van der Waals surface area contributed by atoms with Crippen molar-refractivity contribution in [3.8, 4) is 44.5 Å². The Bertz CT molecular complexity index is 2650. The van der Waals surface area contributed by atoms with E-state index < -0.39 is 0 Å². The molecule has 8 bridgehead atoms. The molecule has 0 saturated heterocycles. The average Bonchev–Trinajstić information content (AvgIpc) is 4.18. The maximum atomic E-state index is 9.68. The van der Waals surface area contributed by atoms with Gasteiger partial charge >= 0.3 is 17.1 Å². The Balaban J connectivity index is 0.00000576. The summed E-state index contributed by atoms with van der Waals surface area (Å²) in [6, 6.07) is 24.6. The van der Waals surface area contributed by atoms with Crippen LogP contribution in [0.25, 0.3) is 90.9 Å². The van der Waals surface area contributed by atoms with Gasteiger partial charge in [-0.3, -0.25) is 0 Å². The summed E-state index contributed by atoms with van der Waals surface area (Å²) in [4.78, 5) is 21.7. The smallest absolute Gasteiger partial charge is 0.657 e. The summed E-state index contributed by atoms with van der Waals surface area (Å²) in [7, 11) is 0. The molecule has 0 spiro atoms. The SMILES string of the molecule is OCCC[n+]1cccc(-c2c3nc(c(-c4ccc[n+](CCCO)c4)c4ccc([n-]4)c(-c4ccc[n+](CCCO)c4)c4nc(c(-c5ccc[n+](CCCO)c5)c5ccc2[n-]5)C=C4)C=C3)c1.[Mn+2]. The van der Waals surface area contributed by atoms with E-state index in [9.17, 15) is 20.4 Å². The second kappa shape index (κ2) is 21.0. The quantitative estimate of drug-likeness (QED) is 0.0759. The van der Waals surface area contributed by atoms with E-state index in [1.54, 1.807) is 0 Å². The Kier molecular flexibility index (Phi) is 14.6. The molecule has 0 aromatic carbocycles. The fourth-order valence-electron chi connectivity index (χ4n) is 8.52. The van der Waals surface area contributed by atoms with Crippen molar-refractivity contribution in [3.05, 3.63) is 145 Å². The molecule has 13 heteroatoms. The molecule has 2 aliphatic heterocycles. The van der Waals surface area contributed by atoms with Gasteiger partial charge in [-0.1, -0.05) is 24.3 Å². The van der Waals surface area contributed by atoms with Crippen LogP contribution in [-0.2, 0) is 43.2 Å². The van der Waals surface area contributed by atoms with E-state index in [4.69, 9.17) is 19.9 Å². The molecular weight excluding hydrogens is 856 g/mol. The second-order valence-electron chi connectivity index (χ2n) is 16.0. The number of nitrogens with zero attached hydrogens (tertiary/aromatic N) is 8. The Morgan fingerprint density at radius 2 is 0.615 bits per heavy atom. The van der Waals surface area contributed by atoms with Crippen molar-refractivity contribution in [1.82, 2.24) is 19.9 Å². The Morgan fingerprint density at radius 1 is 0.369 bits per heavy atom. The molecule has 0 aliphatic carbocycles. The predicted octanol–water partition coefficient (Wildman–Crippen LogP) is 5.26. The van der Waals surface area contributed by atoms with Gasteiger partial charge in [0.15, 0.2) is 75.8 Å². The van der Waals surface area contributed by atoms with Crippen LogP contribution in [0, 0.1) is 0 Å². The van der Waals surface area contributed by atoms with Crippen molar-refractivity contribution < 1.29 is 55.8 Å². The maximum Gasteiger partial charge on any atom is 2.00 e. The molecule has 1 radical (unpaired) electrons. The van der Waals surface area contributed by atoms with Crippen molar-refractivity contribution >= 4 is 46.4 Å². The summed E-state index contributed by atoms with van der Waals surface area (Å²) in [5.74, 6) is 0. The van der Waals surface area contributed by atoms with Crippen LogP contribution >= 0.6 is 0 Å². The first-order valence-corrected chi connectivity index (χ1v) is 22.0. The zero-order valence-corrected chi connectivity index (χ0v) is 37.3. The van der Waals surface area contributed by atoms with Gasteiger partial charge in [-0.2, -0.15) is 0 Å². The maximum absolute atomic E-state index is 9.68. The van der Waals surface area contributed by atoms with Crippen LogP contribution in [0.15, 0.2) is 122 Å². The number of aliphatic hydroxyl groups is 4. The van der Waals surface area contributed by atoms with Crippen LogP contribution in [0.5, 0.6) is 0 Å². The normalized spacial score (nSPS) is 11.9. The van der Waals surface area contributed by atoms with Crippen LogP contribution in [0.3, 0.4) is 0 Å². The van der Waals surface area contributed by atoms with Crippen molar-refractivity contribution in [2.45, 2.75) is 51.9 Å². The molecule has 7 aromatic heterocycles. The Morgan fingerprint density at radius 3 is 0.846 bits per heavy atom. The molecule has 0 unspecified atom stereocenters. The van der Waals surface area contributed by atoms with E-state index in [2.05, 4.69) is 116 Å². The van der Waals surface area contributed by atoms with Crippen molar-refractivity contribution in [1.29, 1.82) is 0 Å². The standard InChI is InChI=1S/C52H52N8O4.Mn/c61-29-5-25-57-21-1-9-37(33-57)49-41-13-15-43(53-41)50(38-10-2-22-58(34-38)26-6-30-62)45-17-19-47(55-45)52(40-12-4-24-60(36-40)28-8-32-64)48-20-18-46(56-48)51(44-16-14-42(49)54-44)39-11-3-23-59(35-39)27-7-31-63;/h1-4,9-24,33-36,61-64H,5-8,25-32H2;/q2*+2. The summed E-state index contributed by atoms with van der Waals surface area (Å²) in [6.45, 7) is 2.99. The molecule has 0 amide bonds. The van der Waals surface area contributed by atoms with Gasteiger partial charge in [-0.05, 0) is 70.8 Å². The van der Waals surface area contributed by atoms with Gasteiger partial charge in [-0.15, -0.1) is 22.1 Å². The third kappa shape index (κ3) is 9.96. The van der Waals surface area contributed by atoms with Gasteiger partial charge in [0.25, 0.3) is 0 Å². The van der Waals surface area contributed by atoms with Gasteiger partial charge in [0.05, 0.1) is 22.8 Å². The second-order valence-corrected chi connectivity index (χ2v) is 16.0. The summed E-state index contributed by atoms with van der Waals surface area (Å²) < 4.78 is 8.35. The molecule has 9 heterocycles. The van der Waals surface area contributed by atoms with E-state index in [-0.39, 0.29) is 43.5 Å². The molecule has 0 atom stereocenters. The fourth-order valence-corrected chi connectivity index (χ4v) is 8.52. The molecule has 0 fully saturated rings. The van der Waals surface area contributed by atoms with Crippen LogP contribution in [0.1, 0.15) is 48.5 Å². The van der Waals surface area contributed by atoms with Gasteiger partial charge in [-0.25, -0.2) is 28.2 Å². The van der Waals surface area contributed by atoms with Gasteiger partial charge < -0.3 is 30.4 Å². The minimum Gasteiger partial charge on any atom is -0.657 e. The number of hydrogen-bond donors (Lipinski definition) is 4. The van der Waals surface area contributed by atoms with E-state index >= 15 is 0 Å². The minimum atomic E-state index is 0. The molecule has 327 valence electrons. The predicted molar refractivity (Wildman–Crippen MR) is 246 cm³/mol. The number of fused-ring (bicyclic) bond motifs is 8. The molecule has 7 aromatic rings. The first-order chi connectivity index (χ1) is 31.5. The van der Waals surface area contributed by atoms with E-state index in [0.717, 1.165) is 89.4 Å². The third-order valence-corrected chi connectivity index (χ3v) is 11.5. The van der Waals surface area contributed by atoms with E-state index in [0.29, 0.717) is 51.9 Å². The van der Waals surface area contributed by atoms with Crippen molar-refractivity contribution in [3.63, 3.8) is 0 Å². The first-order valence-electron chi connectivity index (χ1n) is 22.0. The van der Waals surface area contributed by atoms with Gasteiger partial charge in [0.1, 0.15) is 0 Å². The zero-order chi connectivity index (χ0) is 43.8. The van der Waals surface area contributed by atoms with Crippen LogP contribution in [0.2, 0.25) is 0 Å². The summed E-state index contributed by atoms with van der Waals surface area (Å²) in [5, 5.41) is 38.7. The Labute approximate surface area is 388 Å². The van der Waals surface area contributed by atoms with Crippen molar-refractivity contribution in [2.24, 2.45) is 0 Å².